The third-order valence-electron chi connectivity index (χ3n) is 7.53. The van der Waals surface area contributed by atoms with Gasteiger partial charge < -0.3 is 15.4 Å². The van der Waals surface area contributed by atoms with E-state index < -0.39 is 15.9 Å². The summed E-state index contributed by atoms with van der Waals surface area (Å²) in [5, 5.41) is -0.328. The number of aromatic nitrogens is 2. The van der Waals surface area contributed by atoms with Gasteiger partial charge in [-0.2, -0.15) is 8.42 Å². The number of aryl methyl sites for hydroxylation is 1. The average molecular weight is 538 g/mol. The van der Waals surface area contributed by atoms with Gasteiger partial charge in [0.05, 0.1) is 17.9 Å². The predicted molar refractivity (Wildman–Crippen MR) is 149 cm³/mol. The summed E-state index contributed by atoms with van der Waals surface area (Å²) >= 11 is 0. The molecule has 10 heteroatoms. The van der Waals surface area contributed by atoms with E-state index in [1.165, 1.54) is 18.2 Å². The zero-order chi connectivity index (χ0) is 27.8. The van der Waals surface area contributed by atoms with Gasteiger partial charge in [0.25, 0.3) is 15.9 Å². The van der Waals surface area contributed by atoms with E-state index in [4.69, 9.17) is 15.5 Å². The van der Waals surface area contributed by atoms with E-state index in [0.29, 0.717) is 30.6 Å². The van der Waals surface area contributed by atoms with Crippen LogP contribution in [-0.2, 0) is 10.0 Å². The number of hydrogen-bond donors (Lipinski definition) is 2. The molecule has 9 nitrogen and oxygen atoms in total. The minimum atomic E-state index is -4.25. The number of carbonyl (C=O) groups is 1. The molecule has 3 heterocycles. The second-order valence-electron chi connectivity index (χ2n) is 10.2. The molecule has 0 bridgehead atoms. The Labute approximate surface area is 224 Å². The summed E-state index contributed by atoms with van der Waals surface area (Å²) in [6, 6.07) is 11.6. The Morgan fingerprint density at radius 3 is 2.55 bits per heavy atom. The van der Waals surface area contributed by atoms with Crippen molar-refractivity contribution in [2.75, 3.05) is 23.8 Å². The third kappa shape index (κ3) is 5.18. The largest absolute Gasteiger partial charge is 0.494 e. The number of amides is 1. The van der Waals surface area contributed by atoms with Gasteiger partial charge in [0.2, 0.25) is 0 Å². The molecule has 1 aliphatic heterocycles. The van der Waals surface area contributed by atoms with Crippen LogP contribution in [0.4, 0.5) is 11.6 Å². The maximum atomic E-state index is 13.4. The number of nitrogens with zero attached hydrogens (tertiary/aromatic N) is 3. The molecule has 0 aliphatic carbocycles. The molecule has 3 N–H and O–H groups in total. The van der Waals surface area contributed by atoms with E-state index in [2.05, 4.69) is 35.4 Å². The van der Waals surface area contributed by atoms with E-state index in [1.807, 2.05) is 32.9 Å². The first-order valence-electron chi connectivity index (χ1n) is 12.7. The molecule has 1 amide bonds. The number of carbonyl (C=O) groups excluding carboxylic acids is 1. The zero-order valence-corrected chi connectivity index (χ0v) is 23.5. The first-order valence-corrected chi connectivity index (χ1v) is 14.2. The summed E-state index contributed by atoms with van der Waals surface area (Å²) in [4.78, 5) is 24.3. The van der Waals surface area contributed by atoms with E-state index >= 15 is 0 Å². The number of benzene rings is 1. The molecule has 1 fully saturated rings. The Kier molecular flexibility index (Phi) is 7.38. The van der Waals surface area contributed by atoms with Crippen LogP contribution in [0, 0.1) is 19.8 Å². The van der Waals surface area contributed by atoms with Crippen molar-refractivity contribution >= 4 is 27.6 Å². The van der Waals surface area contributed by atoms with Crippen molar-refractivity contribution in [2.45, 2.75) is 58.5 Å². The van der Waals surface area contributed by atoms with E-state index in [0.717, 1.165) is 28.9 Å². The smallest absolute Gasteiger partial charge is 0.281 e. The van der Waals surface area contributed by atoms with Crippen LogP contribution in [0.2, 0.25) is 0 Å². The maximum absolute atomic E-state index is 13.4. The highest BCUT2D eigenvalue weighted by molar-refractivity contribution is 7.90. The minimum Gasteiger partial charge on any atom is -0.494 e. The van der Waals surface area contributed by atoms with Crippen LogP contribution < -0.4 is 20.1 Å². The molecule has 202 valence electrons. The molecule has 1 unspecified atom stereocenters. The Bertz CT molecular complexity index is 1490. The van der Waals surface area contributed by atoms with Gasteiger partial charge in [-0.3, -0.25) is 4.79 Å². The lowest BCUT2D eigenvalue weighted by Gasteiger charge is -2.36. The lowest BCUT2D eigenvalue weighted by molar-refractivity contribution is 0.0981. The summed E-state index contributed by atoms with van der Waals surface area (Å²) in [5.74, 6) is 0.813. The number of anilines is 2. The Morgan fingerprint density at radius 1 is 1.18 bits per heavy atom. The fraction of sp³-hybridized carbons (Fsp3) is 0.393. The molecule has 0 saturated carbocycles. The lowest BCUT2D eigenvalue weighted by Crippen LogP contribution is -2.43. The van der Waals surface area contributed by atoms with Crippen LogP contribution in [-0.4, -0.2) is 43.0 Å². The van der Waals surface area contributed by atoms with Crippen LogP contribution in [0.1, 0.15) is 55.6 Å². The first kappa shape index (κ1) is 27.4. The van der Waals surface area contributed by atoms with Gasteiger partial charge in [0, 0.05) is 17.6 Å². The summed E-state index contributed by atoms with van der Waals surface area (Å²) in [5.41, 5.74) is 9.16. The molecule has 2 aromatic heterocycles. The fourth-order valence-electron chi connectivity index (χ4n) is 4.69. The van der Waals surface area contributed by atoms with Gasteiger partial charge in [-0.25, -0.2) is 14.7 Å². The molecule has 1 aromatic carbocycles. The van der Waals surface area contributed by atoms with Crippen molar-refractivity contribution in [1.29, 1.82) is 0 Å². The van der Waals surface area contributed by atoms with Crippen LogP contribution >= 0.6 is 0 Å². The topological polar surface area (TPSA) is 128 Å². The third-order valence-corrected chi connectivity index (χ3v) is 8.76. The molecular weight excluding hydrogens is 502 g/mol. The molecule has 4 rings (SSSR count). The second kappa shape index (κ2) is 10.2. The second-order valence-corrected chi connectivity index (χ2v) is 11.9. The number of ether oxygens (including phenoxy) is 1. The molecular formula is C28H35N5O4S. The zero-order valence-electron chi connectivity index (χ0n) is 22.7. The highest BCUT2D eigenvalue weighted by atomic mass is 32.2. The van der Waals surface area contributed by atoms with Gasteiger partial charge in [0.1, 0.15) is 17.4 Å². The van der Waals surface area contributed by atoms with Crippen molar-refractivity contribution in [2.24, 2.45) is 5.92 Å². The van der Waals surface area contributed by atoms with Gasteiger partial charge in [-0.15, -0.1) is 0 Å². The normalized spacial score (nSPS) is 16.9. The summed E-state index contributed by atoms with van der Waals surface area (Å²) < 4.78 is 33.9. The maximum Gasteiger partial charge on any atom is 0.281 e. The van der Waals surface area contributed by atoms with Crippen molar-refractivity contribution in [3.8, 4) is 17.0 Å². The van der Waals surface area contributed by atoms with Crippen molar-refractivity contribution in [1.82, 2.24) is 14.7 Å². The van der Waals surface area contributed by atoms with Crippen LogP contribution in [0.25, 0.3) is 11.3 Å². The van der Waals surface area contributed by atoms with Gasteiger partial charge in [0.15, 0.2) is 5.03 Å². The standard InChI is InChI=1S/C28H35N5O4S/c1-7-37-23-16-20(15-17(2)19(23)4)22-12-11-21(26(30-22)33-14-13-18(3)28(33,5)6)27(34)32-38(35,36)25-10-8-9-24(29)31-25/h8-12,15-16,18H,7,13-14H2,1-6H3,(H2,29,31)(H,32,34). The minimum absolute atomic E-state index is 0.0413. The van der Waals surface area contributed by atoms with Crippen molar-refractivity contribution in [3.05, 3.63) is 59.2 Å². The summed E-state index contributed by atoms with van der Waals surface area (Å²) in [6.07, 6.45) is 0.920. The average Bonchev–Trinajstić information content (AvgIpc) is 3.13. The molecule has 1 saturated heterocycles. The molecule has 1 atom stereocenters. The number of hydrogen-bond acceptors (Lipinski definition) is 8. The van der Waals surface area contributed by atoms with Gasteiger partial charge in [-0.05, 0) is 94.5 Å². The SMILES string of the molecule is CCOc1cc(-c2ccc(C(=O)NS(=O)(=O)c3cccc(N)n3)c(N3CCC(C)C3(C)C)n2)cc(C)c1C. The number of nitrogens with one attached hydrogen (secondary N) is 1. The first-order chi connectivity index (χ1) is 17.8. The number of nitrogens with two attached hydrogens (primary N) is 1. The van der Waals surface area contributed by atoms with Crippen LogP contribution in [0.5, 0.6) is 5.75 Å². The number of pyridine rings is 2. The number of rotatable bonds is 7. The fourth-order valence-corrected chi connectivity index (χ4v) is 5.63. The molecule has 3 aromatic rings. The summed E-state index contributed by atoms with van der Waals surface area (Å²) in [7, 11) is -4.25. The molecule has 1 aliphatic rings. The quantitative estimate of drug-likeness (QED) is 0.451. The molecule has 0 spiro atoms. The van der Waals surface area contributed by atoms with Crippen molar-refractivity contribution < 1.29 is 17.9 Å². The van der Waals surface area contributed by atoms with E-state index in [1.54, 1.807) is 12.1 Å². The van der Waals surface area contributed by atoms with Gasteiger partial charge >= 0.3 is 0 Å². The van der Waals surface area contributed by atoms with E-state index in [9.17, 15) is 13.2 Å². The molecule has 0 radical (unpaired) electrons. The van der Waals surface area contributed by atoms with Crippen LogP contribution in [0.15, 0.2) is 47.5 Å². The van der Waals surface area contributed by atoms with Gasteiger partial charge in [-0.1, -0.05) is 13.0 Å². The number of nitrogen functional groups attached to an aromatic ring is 1. The van der Waals surface area contributed by atoms with Crippen molar-refractivity contribution in [3.63, 3.8) is 0 Å². The Morgan fingerprint density at radius 2 is 1.92 bits per heavy atom. The highest BCUT2D eigenvalue weighted by Crippen LogP contribution is 2.40. The van der Waals surface area contributed by atoms with E-state index in [-0.39, 0.29) is 21.9 Å². The highest BCUT2D eigenvalue weighted by Gasteiger charge is 2.41. The Balaban J connectivity index is 1.81. The molecule has 38 heavy (non-hydrogen) atoms. The predicted octanol–water partition coefficient (Wildman–Crippen LogP) is 4.48. The summed E-state index contributed by atoms with van der Waals surface area (Å²) in [6.45, 7) is 13.6. The number of sulfonamides is 1. The lowest BCUT2D eigenvalue weighted by atomic mass is 9.90. The monoisotopic (exact) mass is 537 g/mol. The van der Waals surface area contributed by atoms with Crippen LogP contribution in [0.3, 0.4) is 0 Å². The Hall–Kier alpha value is -3.66.